The Labute approximate surface area is 295 Å². The van der Waals surface area contributed by atoms with Crippen LogP contribution in [-0.4, -0.2) is 5.84 Å². The van der Waals surface area contributed by atoms with Gasteiger partial charge in [-0.05, 0) is 79.2 Å². The largest absolute Gasteiger partial charge is 0.456 e. The van der Waals surface area contributed by atoms with Crippen LogP contribution in [0.4, 0.5) is 0 Å². The van der Waals surface area contributed by atoms with E-state index < -0.39 is 0 Å². The predicted molar refractivity (Wildman–Crippen MR) is 211 cm³/mol. The van der Waals surface area contributed by atoms with Gasteiger partial charge in [-0.3, -0.25) is 5.32 Å². The molecule has 2 N–H and O–H groups in total. The van der Waals surface area contributed by atoms with Crippen molar-refractivity contribution in [3.63, 3.8) is 0 Å². The van der Waals surface area contributed by atoms with E-state index in [0.717, 1.165) is 66.5 Å². The first-order valence-corrected chi connectivity index (χ1v) is 17.4. The van der Waals surface area contributed by atoms with Gasteiger partial charge in [0.25, 0.3) is 0 Å². The second-order valence-corrected chi connectivity index (χ2v) is 13.2. The lowest BCUT2D eigenvalue weighted by atomic mass is 9.91. The van der Waals surface area contributed by atoms with E-state index in [9.17, 15) is 0 Å². The molecule has 8 aromatic carbocycles. The van der Waals surface area contributed by atoms with Crippen LogP contribution in [0.25, 0.3) is 65.7 Å². The zero-order valence-electron chi connectivity index (χ0n) is 27.8. The van der Waals surface area contributed by atoms with Gasteiger partial charge in [0.15, 0.2) is 0 Å². The first-order chi connectivity index (χ1) is 25.3. The van der Waals surface area contributed by atoms with Crippen molar-refractivity contribution in [2.45, 2.75) is 12.3 Å². The second-order valence-electron chi connectivity index (χ2n) is 13.2. The number of benzene rings is 8. The average Bonchev–Trinajstić information content (AvgIpc) is 3.59. The van der Waals surface area contributed by atoms with Crippen LogP contribution in [0, 0.1) is 0 Å². The first kappa shape index (κ1) is 29.4. The average molecular weight is 656 g/mol. The molecule has 0 saturated carbocycles. The summed E-state index contributed by atoms with van der Waals surface area (Å²) in [5.41, 5.74) is 9.75. The number of hydrogen-bond acceptors (Lipinski definition) is 4. The molecule has 4 heteroatoms. The van der Waals surface area contributed by atoms with E-state index in [2.05, 4.69) is 180 Å². The van der Waals surface area contributed by atoms with E-state index in [0.29, 0.717) is 0 Å². The van der Waals surface area contributed by atoms with Crippen LogP contribution in [0.1, 0.15) is 29.0 Å². The van der Waals surface area contributed by atoms with Crippen LogP contribution in [0.5, 0.6) is 0 Å². The van der Waals surface area contributed by atoms with Gasteiger partial charge < -0.3 is 9.73 Å². The molecule has 242 valence electrons. The number of nitrogens with one attached hydrogen (secondary N) is 2. The summed E-state index contributed by atoms with van der Waals surface area (Å²) >= 11 is 0. The maximum absolute atomic E-state index is 6.57. The van der Waals surface area contributed by atoms with Crippen molar-refractivity contribution in [1.82, 2.24) is 10.6 Å². The zero-order chi connectivity index (χ0) is 33.7. The molecule has 1 aromatic heterocycles. The van der Waals surface area contributed by atoms with Gasteiger partial charge in [-0.25, -0.2) is 4.99 Å². The number of amidine groups is 1. The first-order valence-electron chi connectivity index (χ1n) is 17.4. The predicted octanol–water partition coefficient (Wildman–Crippen LogP) is 11.6. The molecule has 2 heterocycles. The lowest BCUT2D eigenvalue weighted by molar-refractivity contribution is 0.409. The summed E-state index contributed by atoms with van der Waals surface area (Å²) in [5, 5.41) is 14.5. The molecule has 2 unspecified atom stereocenters. The topological polar surface area (TPSA) is 49.6 Å². The highest BCUT2D eigenvalue weighted by atomic mass is 16.3. The molecule has 0 aliphatic carbocycles. The molecule has 10 rings (SSSR count). The number of hydrogen-bond donors (Lipinski definition) is 2. The van der Waals surface area contributed by atoms with Crippen molar-refractivity contribution >= 4 is 49.3 Å². The summed E-state index contributed by atoms with van der Waals surface area (Å²) in [7, 11) is 0. The monoisotopic (exact) mass is 655 g/mol. The molecule has 0 bridgehead atoms. The van der Waals surface area contributed by atoms with Crippen LogP contribution < -0.4 is 10.6 Å². The van der Waals surface area contributed by atoms with Gasteiger partial charge >= 0.3 is 0 Å². The highest BCUT2D eigenvalue weighted by Gasteiger charge is 2.26. The molecule has 0 fully saturated rings. The standard InChI is InChI=1S/C47H33N3O/c1-3-13-31(14-4-1)45-48-46(32-15-5-2-6-16-32)50-47(49-45)40-27-26-38(36-18-9-10-19-37(36)40)39-20-11-21-42-44(39)41-25-24-35(29-43(41)51-42)34-23-22-30-12-7-8-17-33(30)28-34/h1-29,45-46,48H,(H,49,50). The highest BCUT2D eigenvalue weighted by molar-refractivity contribution is 6.18. The van der Waals surface area contributed by atoms with Gasteiger partial charge in [-0.2, -0.15) is 0 Å². The van der Waals surface area contributed by atoms with E-state index in [1.807, 2.05) is 6.07 Å². The summed E-state index contributed by atoms with van der Waals surface area (Å²) in [5.74, 6) is 0.868. The molecular weight excluding hydrogens is 623 g/mol. The van der Waals surface area contributed by atoms with Crippen LogP contribution in [-0.2, 0) is 0 Å². The quantitative estimate of drug-likeness (QED) is 0.194. The Balaban J connectivity index is 1.09. The fourth-order valence-corrected chi connectivity index (χ4v) is 7.66. The number of nitrogens with zero attached hydrogens (tertiary/aromatic N) is 1. The Bertz CT molecular complexity index is 2770. The van der Waals surface area contributed by atoms with Crippen LogP contribution in [0.15, 0.2) is 185 Å². The van der Waals surface area contributed by atoms with Crippen LogP contribution in [0.3, 0.4) is 0 Å². The van der Waals surface area contributed by atoms with Crippen molar-refractivity contribution < 1.29 is 4.42 Å². The summed E-state index contributed by atoms with van der Waals surface area (Å²) < 4.78 is 6.57. The summed E-state index contributed by atoms with van der Waals surface area (Å²) in [6.07, 6.45) is -0.301. The molecule has 9 aromatic rings. The third-order valence-electron chi connectivity index (χ3n) is 10.2. The number of fused-ring (bicyclic) bond motifs is 5. The van der Waals surface area contributed by atoms with E-state index in [-0.39, 0.29) is 12.3 Å². The highest BCUT2D eigenvalue weighted by Crippen LogP contribution is 2.41. The van der Waals surface area contributed by atoms with Gasteiger partial charge in [-0.1, -0.05) is 152 Å². The minimum atomic E-state index is -0.198. The molecule has 0 saturated heterocycles. The molecule has 1 aliphatic heterocycles. The normalized spacial score (nSPS) is 16.0. The van der Waals surface area contributed by atoms with E-state index >= 15 is 0 Å². The fourth-order valence-electron chi connectivity index (χ4n) is 7.66. The van der Waals surface area contributed by atoms with Crippen LogP contribution in [0.2, 0.25) is 0 Å². The molecule has 1 aliphatic rings. The fraction of sp³-hybridized carbons (Fsp3) is 0.0426. The van der Waals surface area contributed by atoms with E-state index in [4.69, 9.17) is 9.41 Å². The molecule has 0 radical (unpaired) electrons. The van der Waals surface area contributed by atoms with E-state index in [1.165, 1.54) is 21.7 Å². The third-order valence-corrected chi connectivity index (χ3v) is 10.2. The Morgan fingerprint density at radius 1 is 0.451 bits per heavy atom. The Kier molecular flexibility index (Phi) is 7.00. The zero-order valence-corrected chi connectivity index (χ0v) is 27.8. The molecule has 4 nitrogen and oxygen atoms in total. The van der Waals surface area contributed by atoms with Gasteiger partial charge in [0, 0.05) is 16.3 Å². The lowest BCUT2D eigenvalue weighted by Crippen LogP contribution is -2.45. The van der Waals surface area contributed by atoms with E-state index in [1.54, 1.807) is 0 Å². The minimum absolute atomic E-state index is 0.104. The van der Waals surface area contributed by atoms with Gasteiger partial charge in [0.1, 0.15) is 29.3 Å². The Morgan fingerprint density at radius 2 is 1.12 bits per heavy atom. The van der Waals surface area contributed by atoms with Crippen LogP contribution >= 0.6 is 0 Å². The third kappa shape index (κ3) is 5.16. The minimum Gasteiger partial charge on any atom is -0.456 e. The summed E-state index contributed by atoms with van der Waals surface area (Å²) in [6, 6.07) is 62.2. The maximum Gasteiger partial charge on any atom is 0.136 e. The van der Waals surface area contributed by atoms with Gasteiger partial charge in [0.05, 0.1) is 0 Å². The van der Waals surface area contributed by atoms with Crippen molar-refractivity contribution in [3.8, 4) is 22.3 Å². The SMILES string of the molecule is c1ccc(C2N=C(c3ccc(-c4cccc5oc6cc(-c7ccc8ccccc8c7)ccc6c45)c4ccccc34)NC(c3ccccc3)N2)cc1. The van der Waals surface area contributed by atoms with Crippen molar-refractivity contribution in [3.05, 3.63) is 193 Å². The molecular formula is C47H33N3O. The van der Waals surface area contributed by atoms with Crippen molar-refractivity contribution in [1.29, 1.82) is 0 Å². The smallest absolute Gasteiger partial charge is 0.136 e. The lowest BCUT2D eigenvalue weighted by Gasteiger charge is -2.32. The molecule has 0 amide bonds. The Hall–Kier alpha value is -6.49. The molecule has 2 atom stereocenters. The number of aliphatic imine (C=N–C) groups is 1. The van der Waals surface area contributed by atoms with Gasteiger partial charge in [0.2, 0.25) is 0 Å². The Morgan fingerprint density at radius 3 is 1.94 bits per heavy atom. The molecule has 0 spiro atoms. The van der Waals surface area contributed by atoms with Crippen molar-refractivity contribution in [2.75, 3.05) is 0 Å². The maximum atomic E-state index is 6.57. The van der Waals surface area contributed by atoms with Gasteiger partial charge in [-0.15, -0.1) is 0 Å². The second kappa shape index (κ2) is 12.1. The van der Waals surface area contributed by atoms with Crippen molar-refractivity contribution in [2.24, 2.45) is 4.99 Å². The molecule has 51 heavy (non-hydrogen) atoms. The summed E-state index contributed by atoms with van der Waals surface area (Å²) in [6.45, 7) is 0. The summed E-state index contributed by atoms with van der Waals surface area (Å²) in [4.78, 5) is 5.26. The number of furan rings is 1. The number of rotatable bonds is 5.